The number of nitrogens with two attached hydrogens (primary N) is 1. The van der Waals surface area contributed by atoms with Crippen molar-refractivity contribution in [3.8, 4) is 0 Å². The fourth-order valence-electron chi connectivity index (χ4n) is 1.45. The Kier molecular flexibility index (Phi) is 3.46. The number of nitrogens with one attached hydrogen (secondary N) is 2. The number of hydrogen-bond donors (Lipinski definition) is 3. The van der Waals surface area contributed by atoms with Crippen molar-refractivity contribution in [1.82, 2.24) is 4.98 Å². The molecule has 1 heterocycles. The lowest BCUT2D eigenvalue weighted by molar-refractivity contribution is 1.22. The van der Waals surface area contributed by atoms with Gasteiger partial charge < -0.3 is 10.7 Å². The van der Waals surface area contributed by atoms with Crippen molar-refractivity contribution in [2.45, 2.75) is 6.92 Å². The smallest absolute Gasteiger partial charge is 0.142 e. The van der Waals surface area contributed by atoms with Gasteiger partial charge in [0.25, 0.3) is 0 Å². The van der Waals surface area contributed by atoms with Crippen molar-refractivity contribution in [3.63, 3.8) is 0 Å². The maximum Gasteiger partial charge on any atom is 0.142 e. The fraction of sp³-hybridized carbons (Fsp3) is 0.0833. The van der Waals surface area contributed by atoms with Gasteiger partial charge in [0.05, 0.1) is 0 Å². The summed E-state index contributed by atoms with van der Waals surface area (Å²) >= 11 is 5.95. The minimum Gasteiger partial charge on any atom is -0.340 e. The van der Waals surface area contributed by atoms with E-state index in [1.54, 1.807) is 6.07 Å². The van der Waals surface area contributed by atoms with Gasteiger partial charge in [-0.05, 0) is 36.8 Å². The molecule has 4 N–H and O–H groups in total. The Hall–Kier alpha value is -1.78. The average Bonchev–Trinajstić information content (AvgIpc) is 2.34. The Morgan fingerprint density at radius 2 is 1.94 bits per heavy atom. The van der Waals surface area contributed by atoms with E-state index >= 15 is 0 Å². The van der Waals surface area contributed by atoms with Crippen LogP contribution in [0.1, 0.15) is 5.56 Å². The zero-order valence-electron chi connectivity index (χ0n) is 9.37. The van der Waals surface area contributed by atoms with Crippen LogP contribution in [-0.4, -0.2) is 4.98 Å². The molecule has 0 aliphatic rings. The van der Waals surface area contributed by atoms with Crippen molar-refractivity contribution < 1.29 is 0 Å². The van der Waals surface area contributed by atoms with Crippen molar-refractivity contribution in [3.05, 3.63) is 47.0 Å². The lowest BCUT2D eigenvalue weighted by Gasteiger charge is -2.10. The van der Waals surface area contributed by atoms with Gasteiger partial charge in [0.15, 0.2) is 0 Å². The normalized spacial score (nSPS) is 10.1. The van der Waals surface area contributed by atoms with Gasteiger partial charge in [-0.2, -0.15) is 0 Å². The van der Waals surface area contributed by atoms with E-state index in [1.165, 1.54) is 0 Å². The van der Waals surface area contributed by atoms with E-state index in [0.717, 1.165) is 11.3 Å². The third-order valence-electron chi connectivity index (χ3n) is 2.36. The van der Waals surface area contributed by atoms with Gasteiger partial charge in [-0.15, -0.1) is 0 Å². The number of rotatable bonds is 3. The van der Waals surface area contributed by atoms with Crippen LogP contribution in [-0.2, 0) is 0 Å². The Labute approximate surface area is 105 Å². The minimum atomic E-state index is 0.606. The van der Waals surface area contributed by atoms with Gasteiger partial charge in [-0.3, -0.25) is 0 Å². The monoisotopic (exact) mass is 248 g/mol. The molecule has 0 saturated carbocycles. The molecule has 1 aromatic heterocycles. The number of pyridine rings is 1. The molecule has 1 aromatic carbocycles. The highest BCUT2D eigenvalue weighted by Gasteiger charge is 2.01. The lowest BCUT2D eigenvalue weighted by Crippen LogP contribution is -2.09. The molecule has 0 aliphatic heterocycles. The highest BCUT2D eigenvalue weighted by Crippen LogP contribution is 2.23. The topological polar surface area (TPSA) is 63.0 Å². The number of halogens is 1. The number of nitrogens with zero attached hydrogens (tertiary/aromatic N) is 1. The average molecular weight is 249 g/mol. The molecule has 0 bridgehead atoms. The maximum atomic E-state index is 5.95. The van der Waals surface area contributed by atoms with Crippen LogP contribution >= 0.6 is 11.6 Å². The Bertz CT molecular complexity index is 528. The fourth-order valence-corrected chi connectivity index (χ4v) is 1.62. The predicted molar refractivity (Wildman–Crippen MR) is 71.5 cm³/mol. The van der Waals surface area contributed by atoms with Crippen LogP contribution in [0.5, 0.6) is 0 Å². The molecule has 88 valence electrons. The highest BCUT2D eigenvalue weighted by molar-refractivity contribution is 6.30. The molecule has 4 nitrogen and oxygen atoms in total. The van der Waals surface area contributed by atoms with E-state index in [1.807, 2.05) is 37.3 Å². The van der Waals surface area contributed by atoms with Crippen LogP contribution in [0.25, 0.3) is 0 Å². The molecule has 17 heavy (non-hydrogen) atoms. The number of benzene rings is 1. The second-order valence-corrected chi connectivity index (χ2v) is 4.07. The van der Waals surface area contributed by atoms with Crippen molar-refractivity contribution >= 4 is 28.9 Å². The summed E-state index contributed by atoms with van der Waals surface area (Å²) in [6.07, 6.45) is 0. The number of aryl methyl sites for hydroxylation is 1. The van der Waals surface area contributed by atoms with Crippen LogP contribution in [0.2, 0.25) is 5.02 Å². The third kappa shape index (κ3) is 2.87. The molecule has 0 spiro atoms. The van der Waals surface area contributed by atoms with Gasteiger partial charge in [0.2, 0.25) is 0 Å². The summed E-state index contributed by atoms with van der Waals surface area (Å²) in [4.78, 5) is 4.27. The molecule has 0 fully saturated rings. The molecule has 0 unspecified atom stereocenters. The van der Waals surface area contributed by atoms with Crippen LogP contribution in [0.4, 0.5) is 17.3 Å². The number of aromatic nitrogens is 1. The quantitative estimate of drug-likeness (QED) is 0.577. The van der Waals surface area contributed by atoms with E-state index in [-0.39, 0.29) is 0 Å². The minimum absolute atomic E-state index is 0.606. The van der Waals surface area contributed by atoms with E-state index in [9.17, 15) is 0 Å². The number of hydrazine groups is 1. The first-order valence-electron chi connectivity index (χ1n) is 5.16. The molecule has 0 atom stereocenters. The summed E-state index contributed by atoms with van der Waals surface area (Å²) in [5.41, 5.74) is 4.53. The molecule has 0 saturated heterocycles. The summed E-state index contributed by atoms with van der Waals surface area (Å²) in [7, 11) is 0. The SMILES string of the molecule is Cc1ccc(Cl)cc1Nc1cccc(NN)n1. The summed E-state index contributed by atoms with van der Waals surface area (Å²) in [6, 6.07) is 11.2. The Morgan fingerprint density at radius 1 is 1.18 bits per heavy atom. The zero-order valence-corrected chi connectivity index (χ0v) is 10.1. The number of anilines is 3. The summed E-state index contributed by atoms with van der Waals surface area (Å²) in [5.74, 6) is 6.62. The van der Waals surface area contributed by atoms with E-state index in [4.69, 9.17) is 17.4 Å². The molecular formula is C12H13ClN4. The van der Waals surface area contributed by atoms with Crippen molar-refractivity contribution in [2.75, 3.05) is 10.7 Å². The van der Waals surface area contributed by atoms with E-state index in [2.05, 4.69) is 15.7 Å². The number of hydrogen-bond acceptors (Lipinski definition) is 4. The van der Waals surface area contributed by atoms with Gasteiger partial charge >= 0.3 is 0 Å². The molecule has 5 heteroatoms. The second-order valence-electron chi connectivity index (χ2n) is 3.64. The second kappa shape index (κ2) is 5.03. The lowest BCUT2D eigenvalue weighted by atomic mass is 10.2. The largest absolute Gasteiger partial charge is 0.340 e. The van der Waals surface area contributed by atoms with Gasteiger partial charge in [0.1, 0.15) is 11.6 Å². The van der Waals surface area contributed by atoms with Gasteiger partial charge in [-0.1, -0.05) is 23.7 Å². The molecular weight excluding hydrogens is 236 g/mol. The molecule has 2 aromatic rings. The third-order valence-corrected chi connectivity index (χ3v) is 2.59. The molecule has 0 aliphatic carbocycles. The van der Waals surface area contributed by atoms with Crippen molar-refractivity contribution in [1.29, 1.82) is 0 Å². The molecule has 0 radical (unpaired) electrons. The standard InChI is InChI=1S/C12H13ClN4/c1-8-5-6-9(13)7-10(8)15-11-3-2-4-12(16-11)17-14/h2-7H,14H2,1H3,(H2,15,16,17). The molecule has 0 amide bonds. The Morgan fingerprint density at radius 3 is 2.71 bits per heavy atom. The first-order valence-corrected chi connectivity index (χ1v) is 5.53. The van der Waals surface area contributed by atoms with E-state index in [0.29, 0.717) is 16.7 Å². The van der Waals surface area contributed by atoms with E-state index < -0.39 is 0 Å². The van der Waals surface area contributed by atoms with Crippen LogP contribution < -0.4 is 16.6 Å². The zero-order chi connectivity index (χ0) is 12.3. The maximum absolute atomic E-state index is 5.95. The summed E-state index contributed by atoms with van der Waals surface area (Å²) in [5, 5.41) is 3.88. The van der Waals surface area contributed by atoms with Gasteiger partial charge in [0, 0.05) is 10.7 Å². The summed E-state index contributed by atoms with van der Waals surface area (Å²) < 4.78 is 0. The van der Waals surface area contributed by atoms with Crippen LogP contribution in [0.3, 0.4) is 0 Å². The first kappa shape index (κ1) is 11.7. The first-order chi connectivity index (χ1) is 8.19. The molecule has 2 rings (SSSR count). The highest BCUT2D eigenvalue weighted by atomic mass is 35.5. The van der Waals surface area contributed by atoms with Crippen LogP contribution in [0.15, 0.2) is 36.4 Å². The summed E-state index contributed by atoms with van der Waals surface area (Å²) in [6.45, 7) is 2.00. The van der Waals surface area contributed by atoms with Crippen molar-refractivity contribution in [2.24, 2.45) is 5.84 Å². The predicted octanol–water partition coefficient (Wildman–Crippen LogP) is 3.07. The Balaban J connectivity index is 2.27. The van der Waals surface area contributed by atoms with Crippen LogP contribution in [0, 0.1) is 6.92 Å². The van der Waals surface area contributed by atoms with Gasteiger partial charge in [-0.25, -0.2) is 10.8 Å². The number of nitrogen functional groups attached to an aromatic ring is 1.